The van der Waals surface area contributed by atoms with Crippen LogP contribution in [0, 0.1) is 0 Å². The molecule has 0 bridgehead atoms. The molecule has 0 saturated carbocycles. The van der Waals surface area contributed by atoms with Crippen molar-refractivity contribution >= 4 is 35.7 Å². The van der Waals surface area contributed by atoms with Crippen LogP contribution in [0.3, 0.4) is 0 Å². The monoisotopic (exact) mass is 457 g/mol. The van der Waals surface area contributed by atoms with E-state index in [1.165, 1.54) is 12.1 Å². The van der Waals surface area contributed by atoms with Gasteiger partial charge in [-0.1, -0.05) is 30.3 Å². The molecule has 1 N–H and O–H groups in total. The molecule has 2 aromatic carbocycles. The number of alkyl halides is 3. The number of anilines is 2. The largest absolute Gasteiger partial charge is 0.478 e. The highest BCUT2D eigenvalue weighted by atomic mass is 35.5. The first-order valence-corrected chi connectivity index (χ1v) is 9.40. The minimum absolute atomic E-state index is 0. The second-order valence-corrected chi connectivity index (χ2v) is 7.17. The van der Waals surface area contributed by atoms with Gasteiger partial charge in [0.2, 0.25) is 0 Å². The highest BCUT2D eigenvalue weighted by Gasteiger charge is 2.44. The molecule has 0 unspecified atom stereocenters. The number of hydrogen-bond acceptors (Lipinski definition) is 4. The van der Waals surface area contributed by atoms with Crippen molar-refractivity contribution in [3.05, 3.63) is 59.7 Å². The maximum atomic E-state index is 13.4. The van der Waals surface area contributed by atoms with E-state index in [-0.39, 0.29) is 23.7 Å². The highest BCUT2D eigenvalue weighted by Crippen LogP contribution is 2.32. The van der Waals surface area contributed by atoms with Crippen molar-refractivity contribution in [2.24, 2.45) is 0 Å². The molecule has 10 heteroatoms. The molecule has 6 nitrogen and oxygen atoms in total. The van der Waals surface area contributed by atoms with Crippen molar-refractivity contribution in [2.75, 3.05) is 43.0 Å². The number of carbonyl (C=O) groups excluding carboxylic acids is 1. The molecule has 1 aliphatic heterocycles. The van der Waals surface area contributed by atoms with Gasteiger partial charge in [0.1, 0.15) is 0 Å². The minimum Gasteiger partial charge on any atom is -0.478 e. The van der Waals surface area contributed by atoms with Gasteiger partial charge in [-0.2, -0.15) is 13.2 Å². The maximum Gasteiger partial charge on any atom is 0.471 e. The van der Waals surface area contributed by atoms with Gasteiger partial charge >= 0.3 is 18.1 Å². The summed E-state index contributed by atoms with van der Waals surface area (Å²) in [7, 11) is 1.97. The van der Waals surface area contributed by atoms with Crippen LogP contribution >= 0.6 is 12.4 Å². The molecule has 31 heavy (non-hydrogen) atoms. The molecule has 1 fully saturated rings. The van der Waals surface area contributed by atoms with Crippen molar-refractivity contribution in [1.29, 1.82) is 0 Å². The van der Waals surface area contributed by atoms with E-state index in [1.807, 2.05) is 11.9 Å². The number of nitrogens with zero attached hydrogens (tertiary/aromatic N) is 3. The zero-order chi connectivity index (χ0) is 21.9. The van der Waals surface area contributed by atoms with Crippen LogP contribution in [0.2, 0.25) is 0 Å². The molecule has 1 saturated heterocycles. The quantitative estimate of drug-likeness (QED) is 0.742. The van der Waals surface area contributed by atoms with E-state index in [2.05, 4.69) is 4.90 Å². The number of carboxylic acids is 1. The average Bonchev–Trinajstić information content (AvgIpc) is 2.71. The summed E-state index contributed by atoms with van der Waals surface area (Å²) in [5, 5.41) is 9.56. The normalized spacial score (nSPS) is 14.6. The summed E-state index contributed by atoms with van der Waals surface area (Å²) < 4.78 is 40.1. The van der Waals surface area contributed by atoms with Gasteiger partial charge in [0.15, 0.2) is 0 Å². The van der Waals surface area contributed by atoms with Crippen LogP contribution in [0.15, 0.2) is 48.5 Å². The lowest BCUT2D eigenvalue weighted by Crippen LogP contribution is -2.45. The third-order valence-corrected chi connectivity index (χ3v) is 5.04. The number of carboxylic acid groups (broad SMARTS) is 1. The second-order valence-electron chi connectivity index (χ2n) is 7.17. The SMILES string of the molecule is CN1CCN(c2ccc(C(=O)O)c(N(Cc3ccccc3)C(=O)C(F)(F)F)c2)CC1.Cl. The fraction of sp³-hybridized carbons (Fsp3) is 0.333. The van der Waals surface area contributed by atoms with Crippen LogP contribution in [0.5, 0.6) is 0 Å². The number of benzene rings is 2. The minimum atomic E-state index is -5.14. The summed E-state index contributed by atoms with van der Waals surface area (Å²) in [6.07, 6.45) is -5.14. The third kappa shape index (κ3) is 5.89. The molecule has 0 atom stereocenters. The molecule has 2 aromatic rings. The van der Waals surface area contributed by atoms with Gasteiger partial charge in [0, 0.05) is 31.9 Å². The molecular formula is C21H23ClF3N3O3. The molecule has 0 radical (unpaired) electrons. The van der Waals surface area contributed by atoms with Crippen LogP contribution in [0.1, 0.15) is 15.9 Å². The Morgan fingerprint density at radius 1 is 1.03 bits per heavy atom. The summed E-state index contributed by atoms with van der Waals surface area (Å²) in [6.45, 7) is 2.44. The lowest BCUT2D eigenvalue weighted by molar-refractivity contribution is -0.170. The summed E-state index contributed by atoms with van der Waals surface area (Å²) >= 11 is 0. The Hall–Kier alpha value is -2.78. The highest BCUT2D eigenvalue weighted by molar-refractivity contribution is 6.04. The molecule has 0 spiro atoms. The third-order valence-electron chi connectivity index (χ3n) is 5.04. The number of amides is 1. The smallest absolute Gasteiger partial charge is 0.471 e. The molecule has 0 aliphatic carbocycles. The first-order chi connectivity index (χ1) is 14.2. The van der Waals surface area contributed by atoms with Gasteiger partial charge in [-0.3, -0.25) is 9.69 Å². The van der Waals surface area contributed by atoms with Gasteiger partial charge in [-0.25, -0.2) is 4.79 Å². The van der Waals surface area contributed by atoms with Crippen LogP contribution in [0.4, 0.5) is 24.5 Å². The summed E-state index contributed by atoms with van der Waals surface area (Å²) in [5.74, 6) is -3.51. The van der Waals surface area contributed by atoms with Crippen LogP contribution in [-0.2, 0) is 11.3 Å². The Bertz CT molecular complexity index is 917. The van der Waals surface area contributed by atoms with E-state index in [0.717, 1.165) is 13.1 Å². The van der Waals surface area contributed by atoms with Crippen molar-refractivity contribution < 1.29 is 27.9 Å². The Labute approximate surface area is 184 Å². The molecular weight excluding hydrogens is 435 g/mol. The van der Waals surface area contributed by atoms with Gasteiger partial charge in [-0.05, 0) is 30.8 Å². The van der Waals surface area contributed by atoms with Gasteiger partial charge < -0.3 is 14.9 Å². The number of likely N-dealkylation sites (N-methyl/N-ethyl adjacent to an activating group) is 1. The van der Waals surface area contributed by atoms with E-state index in [4.69, 9.17) is 0 Å². The van der Waals surface area contributed by atoms with Gasteiger partial charge in [0.05, 0.1) is 17.8 Å². The second kappa shape index (κ2) is 10.0. The predicted octanol–water partition coefficient (Wildman–Crippen LogP) is 3.65. The van der Waals surface area contributed by atoms with E-state index in [1.54, 1.807) is 36.4 Å². The van der Waals surface area contributed by atoms with E-state index in [9.17, 15) is 27.9 Å². The molecule has 1 aliphatic rings. The zero-order valence-corrected chi connectivity index (χ0v) is 17.6. The first-order valence-electron chi connectivity index (χ1n) is 9.40. The Morgan fingerprint density at radius 3 is 2.19 bits per heavy atom. The van der Waals surface area contributed by atoms with Crippen LogP contribution < -0.4 is 9.80 Å². The van der Waals surface area contributed by atoms with E-state index >= 15 is 0 Å². The topological polar surface area (TPSA) is 64.1 Å². The predicted molar refractivity (Wildman–Crippen MR) is 114 cm³/mol. The van der Waals surface area contributed by atoms with Crippen molar-refractivity contribution in [3.8, 4) is 0 Å². The standard InChI is InChI=1S/C21H22F3N3O3.ClH/c1-25-9-11-26(12-10-25)16-7-8-17(19(28)29)18(13-16)27(20(30)21(22,23)24)14-15-5-3-2-4-6-15;/h2-8,13H,9-12,14H2,1H3,(H,28,29);1H. The average molecular weight is 458 g/mol. The number of rotatable bonds is 5. The number of carbonyl (C=O) groups is 2. The van der Waals surface area contributed by atoms with Crippen molar-refractivity contribution in [2.45, 2.75) is 12.7 Å². The summed E-state index contributed by atoms with van der Waals surface area (Å²) in [5.41, 5.74) is 0.402. The van der Waals surface area contributed by atoms with E-state index < -0.39 is 24.6 Å². The Balaban J connectivity index is 0.00000341. The van der Waals surface area contributed by atoms with Crippen molar-refractivity contribution in [3.63, 3.8) is 0 Å². The first kappa shape index (κ1) is 24.5. The number of piperazine rings is 1. The molecule has 168 valence electrons. The van der Waals surface area contributed by atoms with Crippen LogP contribution in [0.25, 0.3) is 0 Å². The fourth-order valence-electron chi connectivity index (χ4n) is 3.37. The number of aromatic carboxylic acids is 1. The number of hydrogen-bond donors (Lipinski definition) is 1. The summed E-state index contributed by atoms with van der Waals surface area (Å²) in [4.78, 5) is 28.6. The molecule has 1 amide bonds. The van der Waals surface area contributed by atoms with E-state index in [0.29, 0.717) is 29.2 Å². The lowest BCUT2D eigenvalue weighted by atomic mass is 10.1. The molecule has 3 rings (SSSR count). The maximum absolute atomic E-state index is 13.4. The van der Waals surface area contributed by atoms with Gasteiger partial charge in [-0.15, -0.1) is 12.4 Å². The Kier molecular flexibility index (Phi) is 7.91. The lowest BCUT2D eigenvalue weighted by Gasteiger charge is -2.35. The fourth-order valence-corrected chi connectivity index (χ4v) is 3.37. The Morgan fingerprint density at radius 2 is 1.65 bits per heavy atom. The summed E-state index contributed by atoms with van der Waals surface area (Å²) in [6, 6.07) is 12.3. The van der Waals surface area contributed by atoms with Gasteiger partial charge in [0.25, 0.3) is 0 Å². The van der Waals surface area contributed by atoms with Crippen LogP contribution in [-0.4, -0.2) is 61.3 Å². The molecule has 1 heterocycles. The zero-order valence-electron chi connectivity index (χ0n) is 16.8. The number of halogens is 4. The van der Waals surface area contributed by atoms with Crippen molar-refractivity contribution in [1.82, 2.24) is 4.90 Å². The molecule has 0 aromatic heterocycles.